The van der Waals surface area contributed by atoms with Crippen LogP contribution >= 0.6 is 0 Å². The zero-order chi connectivity index (χ0) is 14.2. The van der Waals surface area contributed by atoms with E-state index in [1.807, 2.05) is 24.3 Å². The third-order valence-electron chi connectivity index (χ3n) is 3.52. The second-order valence-electron chi connectivity index (χ2n) is 5.23. The molecule has 0 amide bonds. The van der Waals surface area contributed by atoms with Crippen molar-refractivity contribution in [2.45, 2.75) is 45.4 Å². The van der Waals surface area contributed by atoms with Crippen molar-refractivity contribution in [3.63, 3.8) is 0 Å². The molecule has 0 radical (unpaired) electrons. The number of allylic oxidation sites excluding steroid dienone is 2. The summed E-state index contributed by atoms with van der Waals surface area (Å²) in [7, 11) is 0. The Kier molecular flexibility index (Phi) is 5.60. The van der Waals surface area contributed by atoms with E-state index in [4.69, 9.17) is 0 Å². The maximum Gasteiger partial charge on any atom is 0.189 e. The molecule has 2 aromatic rings. The SMILES string of the molecule is CCCCCC/C=C/Cc1cc(=O)c2ccccc2[nH]1. The molecule has 2 nitrogen and oxygen atoms in total. The van der Waals surface area contributed by atoms with Gasteiger partial charge in [-0.25, -0.2) is 0 Å². The van der Waals surface area contributed by atoms with Gasteiger partial charge in [-0.05, 0) is 25.0 Å². The second kappa shape index (κ2) is 7.68. The van der Waals surface area contributed by atoms with Gasteiger partial charge in [0, 0.05) is 29.1 Å². The Hall–Kier alpha value is -1.83. The van der Waals surface area contributed by atoms with Gasteiger partial charge in [0.2, 0.25) is 0 Å². The summed E-state index contributed by atoms with van der Waals surface area (Å²) < 4.78 is 0. The molecule has 0 spiro atoms. The Bertz CT molecular complexity index is 625. The van der Waals surface area contributed by atoms with Gasteiger partial charge in [0.05, 0.1) is 0 Å². The zero-order valence-corrected chi connectivity index (χ0v) is 12.2. The predicted molar refractivity (Wildman–Crippen MR) is 86.2 cm³/mol. The number of hydrogen-bond acceptors (Lipinski definition) is 1. The first-order valence-electron chi connectivity index (χ1n) is 7.57. The van der Waals surface area contributed by atoms with Gasteiger partial charge in [-0.2, -0.15) is 0 Å². The van der Waals surface area contributed by atoms with Gasteiger partial charge in [-0.1, -0.05) is 50.5 Å². The fourth-order valence-corrected chi connectivity index (χ4v) is 2.38. The molecular formula is C18H23NO. The fraction of sp³-hybridized carbons (Fsp3) is 0.389. The van der Waals surface area contributed by atoms with E-state index in [2.05, 4.69) is 24.1 Å². The number of unbranched alkanes of at least 4 members (excludes halogenated alkanes) is 4. The lowest BCUT2D eigenvalue weighted by Gasteiger charge is -2.01. The zero-order valence-electron chi connectivity index (χ0n) is 12.2. The predicted octanol–water partition coefficient (Wildman–Crippen LogP) is 4.60. The van der Waals surface area contributed by atoms with Gasteiger partial charge in [0.1, 0.15) is 0 Å². The van der Waals surface area contributed by atoms with Crippen molar-refractivity contribution in [3.8, 4) is 0 Å². The fourth-order valence-electron chi connectivity index (χ4n) is 2.38. The van der Waals surface area contributed by atoms with E-state index >= 15 is 0 Å². The lowest BCUT2D eigenvalue weighted by Crippen LogP contribution is -2.04. The first-order chi connectivity index (χ1) is 9.81. The summed E-state index contributed by atoms with van der Waals surface area (Å²) in [5.41, 5.74) is 2.01. The molecule has 0 saturated heterocycles. The van der Waals surface area contributed by atoms with Gasteiger partial charge in [0.15, 0.2) is 5.43 Å². The molecule has 1 N–H and O–H groups in total. The lowest BCUT2D eigenvalue weighted by molar-refractivity contribution is 0.674. The van der Waals surface area contributed by atoms with Crippen molar-refractivity contribution in [3.05, 3.63) is 58.4 Å². The molecule has 1 heterocycles. The molecule has 0 saturated carbocycles. The number of aromatic amines is 1. The van der Waals surface area contributed by atoms with Crippen molar-refractivity contribution in [2.75, 3.05) is 0 Å². The highest BCUT2D eigenvalue weighted by Crippen LogP contribution is 2.08. The highest BCUT2D eigenvalue weighted by molar-refractivity contribution is 5.78. The van der Waals surface area contributed by atoms with E-state index in [0.717, 1.165) is 29.4 Å². The van der Waals surface area contributed by atoms with Crippen LogP contribution in [0.4, 0.5) is 0 Å². The Labute approximate surface area is 120 Å². The van der Waals surface area contributed by atoms with Crippen LogP contribution in [0.5, 0.6) is 0 Å². The van der Waals surface area contributed by atoms with E-state index in [9.17, 15) is 4.79 Å². The summed E-state index contributed by atoms with van der Waals surface area (Å²) in [5, 5.41) is 0.764. The van der Waals surface area contributed by atoms with Crippen molar-refractivity contribution in [1.29, 1.82) is 0 Å². The molecule has 0 bridgehead atoms. The van der Waals surface area contributed by atoms with Gasteiger partial charge >= 0.3 is 0 Å². The average molecular weight is 269 g/mol. The quantitative estimate of drug-likeness (QED) is 0.578. The number of H-pyrrole nitrogens is 1. The smallest absolute Gasteiger partial charge is 0.189 e. The Morgan fingerprint density at radius 2 is 1.95 bits per heavy atom. The number of aromatic nitrogens is 1. The number of nitrogens with one attached hydrogen (secondary N) is 1. The summed E-state index contributed by atoms with van der Waals surface area (Å²) in [5.74, 6) is 0. The molecule has 0 fully saturated rings. The molecule has 0 atom stereocenters. The van der Waals surface area contributed by atoms with E-state index in [-0.39, 0.29) is 5.43 Å². The molecule has 0 aliphatic carbocycles. The normalized spacial score (nSPS) is 11.4. The molecule has 0 aliphatic heterocycles. The number of benzene rings is 1. The third-order valence-corrected chi connectivity index (χ3v) is 3.52. The summed E-state index contributed by atoms with van der Waals surface area (Å²) >= 11 is 0. The molecule has 0 aliphatic rings. The third kappa shape index (κ3) is 4.09. The molecule has 106 valence electrons. The average Bonchev–Trinajstić information content (AvgIpc) is 2.46. The minimum absolute atomic E-state index is 0.102. The summed E-state index contributed by atoms with van der Waals surface area (Å²) in [6.07, 6.45) is 11.5. The van der Waals surface area contributed by atoms with Crippen LogP contribution in [0.1, 0.15) is 44.7 Å². The van der Waals surface area contributed by atoms with Crippen LogP contribution in [0.25, 0.3) is 10.9 Å². The molecule has 2 heteroatoms. The van der Waals surface area contributed by atoms with Crippen LogP contribution in [-0.4, -0.2) is 4.98 Å². The monoisotopic (exact) mass is 269 g/mol. The lowest BCUT2D eigenvalue weighted by atomic mass is 10.1. The summed E-state index contributed by atoms with van der Waals surface area (Å²) in [6.45, 7) is 2.23. The van der Waals surface area contributed by atoms with Crippen LogP contribution in [0.2, 0.25) is 0 Å². The molecule has 0 unspecified atom stereocenters. The van der Waals surface area contributed by atoms with Gasteiger partial charge in [-0.3, -0.25) is 4.79 Å². The number of fused-ring (bicyclic) bond motifs is 1. The summed E-state index contributed by atoms with van der Waals surface area (Å²) in [6, 6.07) is 9.37. The Morgan fingerprint density at radius 3 is 2.80 bits per heavy atom. The minimum Gasteiger partial charge on any atom is -0.358 e. The first-order valence-corrected chi connectivity index (χ1v) is 7.57. The van der Waals surface area contributed by atoms with Crippen LogP contribution in [0.3, 0.4) is 0 Å². The maximum atomic E-state index is 12.0. The maximum absolute atomic E-state index is 12.0. The van der Waals surface area contributed by atoms with Gasteiger partial charge < -0.3 is 4.98 Å². The topological polar surface area (TPSA) is 32.9 Å². The number of rotatable bonds is 7. The van der Waals surface area contributed by atoms with E-state index in [1.54, 1.807) is 6.07 Å². The highest BCUT2D eigenvalue weighted by Gasteiger charge is 1.99. The number of hydrogen-bond donors (Lipinski definition) is 1. The van der Waals surface area contributed by atoms with E-state index in [1.165, 1.54) is 25.7 Å². The second-order valence-corrected chi connectivity index (χ2v) is 5.23. The van der Waals surface area contributed by atoms with Crippen molar-refractivity contribution in [2.24, 2.45) is 0 Å². The van der Waals surface area contributed by atoms with E-state index in [0.29, 0.717) is 0 Å². The summed E-state index contributed by atoms with van der Waals surface area (Å²) in [4.78, 5) is 15.3. The molecule has 20 heavy (non-hydrogen) atoms. The minimum atomic E-state index is 0.102. The van der Waals surface area contributed by atoms with Crippen LogP contribution in [0.15, 0.2) is 47.3 Å². The highest BCUT2D eigenvalue weighted by atomic mass is 16.1. The van der Waals surface area contributed by atoms with Crippen molar-refractivity contribution < 1.29 is 0 Å². The van der Waals surface area contributed by atoms with Crippen molar-refractivity contribution in [1.82, 2.24) is 4.98 Å². The number of pyridine rings is 1. The molecular weight excluding hydrogens is 246 g/mol. The van der Waals surface area contributed by atoms with E-state index < -0.39 is 0 Å². The van der Waals surface area contributed by atoms with Crippen LogP contribution < -0.4 is 5.43 Å². The molecule has 2 rings (SSSR count). The number of para-hydroxylation sites is 1. The first kappa shape index (κ1) is 14.6. The Balaban J connectivity index is 1.93. The Morgan fingerprint density at radius 1 is 1.10 bits per heavy atom. The van der Waals surface area contributed by atoms with Gasteiger partial charge in [-0.15, -0.1) is 0 Å². The van der Waals surface area contributed by atoms with Crippen LogP contribution in [-0.2, 0) is 6.42 Å². The van der Waals surface area contributed by atoms with Crippen molar-refractivity contribution >= 4 is 10.9 Å². The molecule has 1 aromatic heterocycles. The molecule has 1 aromatic carbocycles. The largest absolute Gasteiger partial charge is 0.358 e. The standard InChI is InChI=1S/C18H23NO/c1-2-3-4-5-6-7-8-11-15-14-18(20)16-12-9-10-13-17(16)19-15/h7-10,12-14H,2-6,11H2,1H3,(H,19,20)/b8-7+. The van der Waals surface area contributed by atoms with Crippen LogP contribution in [0, 0.1) is 0 Å². The van der Waals surface area contributed by atoms with Gasteiger partial charge in [0.25, 0.3) is 0 Å².